The van der Waals surface area contributed by atoms with E-state index >= 15 is 0 Å². The molecule has 0 saturated heterocycles. The third-order valence-electron chi connectivity index (χ3n) is 4.07. The Morgan fingerprint density at radius 1 is 1.56 bits per heavy atom. The van der Waals surface area contributed by atoms with E-state index in [1.54, 1.807) is 0 Å². The molecule has 0 aliphatic heterocycles. The van der Waals surface area contributed by atoms with E-state index in [1.165, 1.54) is 11.1 Å². The Kier molecular flexibility index (Phi) is 3.78. The summed E-state index contributed by atoms with van der Waals surface area (Å²) in [5.41, 5.74) is 8.32. The zero-order valence-corrected chi connectivity index (χ0v) is 12.0. The second-order valence-electron chi connectivity index (χ2n) is 5.31. The summed E-state index contributed by atoms with van der Waals surface area (Å²) in [6.45, 7) is 1.92. The summed E-state index contributed by atoms with van der Waals surface area (Å²) in [5.74, 6) is -0.757. The van der Waals surface area contributed by atoms with E-state index < -0.39 is 5.97 Å². The number of carbonyl (C=O) groups is 1. The van der Waals surface area contributed by atoms with Crippen LogP contribution < -0.4 is 5.73 Å². The van der Waals surface area contributed by atoms with E-state index in [9.17, 15) is 4.79 Å². The van der Waals surface area contributed by atoms with Gasteiger partial charge in [-0.1, -0.05) is 22.0 Å². The van der Waals surface area contributed by atoms with Gasteiger partial charge in [0.25, 0.3) is 0 Å². The van der Waals surface area contributed by atoms with Crippen molar-refractivity contribution in [3.05, 3.63) is 33.8 Å². The van der Waals surface area contributed by atoms with Crippen molar-refractivity contribution in [2.75, 3.05) is 0 Å². The van der Waals surface area contributed by atoms with Gasteiger partial charge in [0, 0.05) is 10.5 Å². The number of fused-ring (bicyclic) bond motifs is 1. The van der Waals surface area contributed by atoms with E-state index in [0.717, 1.165) is 23.7 Å². The largest absolute Gasteiger partial charge is 0.481 e. The minimum absolute atomic E-state index is 0.106. The number of aryl methyl sites for hydroxylation is 1. The van der Waals surface area contributed by atoms with Crippen molar-refractivity contribution in [3.63, 3.8) is 0 Å². The molecule has 1 aromatic carbocycles. The molecule has 0 amide bonds. The van der Waals surface area contributed by atoms with Gasteiger partial charge in [-0.2, -0.15) is 0 Å². The van der Waals surface area contributed by atoms with Gasteiger partial charge in [0.1, 0.15) is 0 Å². The zero-order chi connectivity index (χ0) is 13.3. The van der Waals surface area contributed by atoms with Gasteiger partial charge < -0.3 is 10.8 Å². The molecule has 2 unspecified atom stereocenters. The second kappa shape index (κ2) is 5.02. The van der Waals surface area contributed by atoms with Crippen molar-refractivity contribution in [2.45, 2.75) is 38.6 Å². The number of benzene rings is 1. The maximum absolute atomic E-state index is 11.1. The highest BCUT2D eigenvalue weighted by molar-refractivity contribution is 9.10. The standard InChI is InChI=1S/C14H18BrNO2/c1-9(16)14(8-13(17)18)5-4-10-6-12(15)3-2-11(10)7-14/h2-3,6,9H,4-5,7-8,16H2,1H3,(H,17,18). The lowest BCUT2D eigenvalue weighted by atomic mass is 9.66. The van der Waals surface area contributed by atoms with Crippen LogP contribution in [0.15, 0.2) is 22.7 Å². The van der Waals surface area contributed by atoms with Crippen molar-refractivity contribution < 1.29 is 9.90 Å². The summed E-state index contributed by atoms with van der Waals surface area (Å²) in [6.07, 6.45) is 2.67. The lowest BCUT2D eigenvalue weighted by Gasteiger charge is -2.40. The van der Waals surface area contributed by atoms with Crippen LogP contribution in [-0.4, -0.2) is 17.1 Å². The summed E-state index contributed by atoms with van der Waals surface area (Å²) in [6, 6.07) is 6.11. The number of hydrogen-bond acceptors (Lipinski definition) is 2. The summed E-state index contributed by atoms with van der Waals surface area (Å²) in [7, 11) is 0. The molecule has 2 rings (SSSR count). The van der Waals surface area contributed by atoms with Gasteiger partial charge >= 0.3 is 5.97 Å². The Labute approximate surface area is 116 Å². The van der Waals surface area contributed by atoms with Crippen LogP contribution in [0.3, 0.4) is 0 Å². The van der Waals surface area contributed by atoms with Crippen molar-refractivity contribution in [1.29, 1.82) is 0 Å². The van der Waals surface area contributed by atoms with Gasteiger partial charge in [-0.05, 0) is 54.9 Å². The lowest BCUT2D eigenvalue weighted by Crippen LogP contribution is -2.45. The third-order valence-corrected chi connectivity index (χ3v) is 4.57. The first-order chi connectivity index (χ1) is 8.43. The van der Waals surface area contributed by atoms with Crippen LogP contribution in [0, 0.1) is 5.41 Å². The van der Waals surface area contributed by atoms with Crippen LogP contribution in [0.2, 0.25) is 0 Å². The van der Waals surface area contributed by atoms with E-state index in [1.807, 2.05) is 13.0 Å². The monoisotopic (exact) mass is 311 g/mol. The van der Waals surface area contributed by atoms with Gasteiger partial charge in [0.2, 0.25) is 0 Å². The SMILES string of the molecule is CC(N)C1(CC(=O)O)CCc2cc(Br)ccc2C1. The molecule has 0 heterocycles. The van der Waals surface area contributed by atoms with Crippen LogP contribution in [0.5, 0.6) is 0 Å². The Balaban J connectivity index is 2.32. The quantitative estimate of drug-likeness (QED) is 0.902. The fourth-order valence-electron chi connectivity index (χ4n) is 2.85. The predicted octanol–water partition coefficient (Wildman–Crippen LogP) is 2.75. The summed E-state index contributed by atoms with van der Waals surface area (Å²) >= 11 is 3.47. The number of hydrogen-bond donors (Lipinski definition) is 2. The van der Waals surface area contributed by atoms with Gasteiger partial charge in [-0.15, -0.1) is 0 Å². The maximum Gasteiger partial charge on any atom is 0.303 e. The molecule has 18 heavy (non-hydrogen) atoms. The van der Waals surface area contributed by atoms with Gasteiger partial charge in [-0.3, -0.25) is 4.79 Å². The fourth-order valence-corrected chi connectivity index (χ4v) is 3.26. The molecule has 98 valence electrons. The van der Waals surface area contributed by atoms with Crippen molar-refractivity contribution >= 4 is 21.9 Å². The topological polar surface area (TPSA) is 63.3 Å². The number of nitrogens with two attached hydrogens (primary N) is 1. The smallest absolute Gasteiger partial charge is 0.303 e. The second-order valence-corrected chi connectivity index (χ2v) is 6.23. The molecule has 1 aromatic rings. The number of carboxylic acid groups (broad SMARTS) is 1. The van der Waals surface area contributed by atoms with Gasteiger partial charge in [0.05, 0.1) is 6.42 Å². The molecule has 0 spiro atoms. The van der Waals surface area contributed by atoms with Crippen LogP contribution in [0.25, 0.3) is 0 Å². The number of rotatable bonds is 3. The predicted molar refractivity (Wildman–Crippen MR) is 74.5 cm³/mol. The van der Waals surface area contributed by atoms with Crippen LogP contribution in [0.4, 0.5) is 0 Å². The normalized spacial score (nSPS) is 24.4. The molecule has 3 N–H and O–H groups in total. The molecule has 0 saturated carbocycles. The van der Waals surface area contributed by atoms with Crippen molar-refractivity contribution in [2.24, 2.45) is 11.1 Å². The number of aliphatic carboxylic acids is 1. The molecular weight excluding hydrogens is 294 g/mol. The third kappa shape index (κ3) is 2.59. The van der Waals surface area contributed by atoms with E-state index in [4.69, 9.17) is 10.8 Å². The first kappa shape index (κ1) is 13.6. The molecule has 3 nitrogen and oxygen atoms in total. The van der Waals surface area contributed by atoms with E-state index in [-0.39, 0.29) is 17.9 Å². The Morgan fingerprint density at radius 2 is 2.28 bits per heavy atom. The molecule has 4 heteroatoms. The summed E-state index contributed by atoms with van der Waals surface area (Å²) < 4.78 is 1.08. The van der Waals surface area contributed by atoms with Crippen LogP contribution >= 0.6 is 15.9 Å². The molecule has 1 aliphatic carbocycles. The zero-order valence-electron chi connectivity index (χ0n) is 10.4. The first-order valence-corrected chi connectivity index (χ1v) is 6.97. The Bertz CT molecular complexity index is 473. The molecule has 0 aromatic heterocycles. The number of carboxylic acids is 1. The molecular formula is C14H18BrNO2. The minimum Gasteiger partial charge on any atom is -0.481 e. The van der Waals surface area contributed by atoms with E-state index in [0.29, 0.717) is 0 Å². The van der Waals surface area contributed by atoms with E-state index in [2.05, 4.69) is 28.1 Å². The molecule has 0 bridgehead atoms. The van der Waals surface area contributed by atoms with Gasteiger partial charge in [0.15, 0.2) is 0 Å². The molecule has 0 radical (unpaired) electrons. The first-order valence-electron chi connectivity index (χ1n) is 6.18. The maximum atomic E-state index is 11.1. The summed E-state index contributed by atoms with van der Waals surface area (Å²) in [4.78, 5) is 11.1. The highest BCUT2D eigenvalue weighted by Crippen LogP contribution is 2.41. The Hall–Kier alpha value is -0.870. The average molecular weight is 312 g/mol. The average Bonchev–Trinajstić information content (AvgIpc) is 2.28. The van der Waals surface area contributed by atoms with Crippen molar-refractivity contribution in [3.8, 4) is 0 Å². The molecule has 0 fully saturated rings. The molecule has 2 atom stereocenters. The van der Waals surface area contributed by atoms with Crippen molar-refractivity contribution in [1.82, 2.24) is 0 Å². The fraction of sp³-hybridized carbons (Fsp3) is 0.500. The lowest BCUT2D eigenvalue weighted by molar-refractivity contribution is -0.140. The highest BCUT2D eigenvalue weighted by atomic mass is 79.9. The van der Waals surface area contributed by atoms with Crippen LogP contribution in [0.1, 0.15) is 30.9 Å². The highest BCUT2D eigenvalue weighted by Gasteiger charge is 2.39. The van der Waals surface area contributed by atoms with Gasteiger partial charge in [-0.25, -0.2) is 0 Å². The minimum atomic E-state index is -0.757. The van der Waals surface area contributed by atoms with Crippen LogP contribution in [-0.2, 0) is 17.6 Å². The number of halogens is 1. The Morgan fingerprint density at radius 3 is 2.89 bits per heavy atom. The summed E-state index contributed by atoms with van der Waals surface area (Å²) in [5, 5.41) is 9.11. The molecule has 1 aliphatic rings.